The number of hydrogen-bond acceptors (Lipinski definition) is 1. The maximum Gasteiger partial charge on any atom is 0.000922 e. The fourth-order valence-electron chi connectivity index (χ4n) is 1.39. The van der Waals surface area contributed by atoms with Crippen LogP contribution in [0.5, 0.6) is 0 Å². The monoisotopic (exact) mass is 157 g/mol. The number of nitrogens with zero attached hydrogens (tertiary/aromatic N) is 1. The van der Waals surface area contributed by atoms with Crippen LogP contribution in [0.25, 0.3) is 0 Å². The third-order valence-corrected chi connectivity index (χ3v) is 2.57. The molecule has 0 fully saturated rings. The summed E-state index contributed by atoms with van der Waals surface area (Å²) in [4.78, 5) is 2.51. The maximum absolute atomic E-state index is 2.51. The highest BCUT2D eigenvalue weighted by atomic mass is 15.1. The van der Waals surface area contributed by atoms with Crippen molar-refractivity contribution in [3.8, 4) is 0 Å². The highest BCUT2D eigenvalue weighted by Crippen LogP contribution is 2.08. The third kappa shape index (κ3) is 4.41. The Labute approximate surface area is 71.8 Å². The van der Waals surface area contributed by atoms with E-state index in [4.69, 9.17) is 0 Å². The Kier molecular flexibility index (Phi) is 6.63. The standard InChI is InChI=1S/C10H23N/c1-5-10(6-2)9-11(7-3)8-4/h10H,5-9H2,1-4H3. The molecule has 0 aromatic heterocycles. The molecule has 0 aliphatic carbocycles. The third-order valence-electron chi connectivity index (χ3n) is 2.57. The van der Waals surface area contributed by atoms with Crippen molar-refractivity contribution in [2.45, 2.75) is 40.5 Å². The van der Waals surface area contributed by atoms with Crippen LogP contribution in [-0.4, -0.2) is 24.5 Å². The van der Waals surface area contributed by atoms with Crippen molar-refractivity contribution < 1.29 is 0 Å². The molecule has 11 heavy (non-hydrogen) atoms. The molecule has 0 rings (SSSR count). The Morgan fingerprint density at radius 3 is 1.64 bits per heavy atom. The van der Waals surface area contributed by atoms with Crippen molar-refractivity contribution in [1.29, 1.82) is 0 Å². The van der Waals surface area contributed by atoms with Crippen molar-refractivity contribution in [3.05, 3.63) is 0 Å². The van der Waals surface area contributed by atoms with Gasteiger partial charge in [0, 0.05) is 6.54 Å². The van der Waals surface area contributed by atoms with Crippen LogP contribution < -0.4 is 0 Å². The SMILES string of the molecule is CCC(CC)CN(CC)CC. The van der Waals surface area contributed by atoms with Crippen LogP contribution in [0, 0.1) is 5.92 Å². The molecule has 0 radical (unpaired) electrons. The molecule has 0 spiro atoms. The predicted octanol–water partition coefficient (Wildman–Crippen LogP) is 2.76. The van der Waals surface area contributed by atoms with Crippen LogP contribution in [0.3, 0.4) is 0 Å². The summed E-state index contributed by atoms with van der Waals surface area (Å²) < 4.78 is 0. The van der Waals surface area contributed by atoms with Gasteiger partial charge in [0.05, 0.1) is 0 Å². The molecule has 68 valence electrons. The van der Waals surface area contributed by atoms with Crippen molar-refractivity contribution in [2.24, 2.45) is 5.92 Å². The molecule has 0 N–H and O–H groups in total. The average Bonchev–Trinajstić information content (AvgIpc) is 2.07. The largest absolute Gasteiger partial charge is 0.304 e. The van der Waals surface area contributed by atoms with Gasteiger partial charge in [0.15, 0.2) is 0 Å². The van der Waals surface area contributed by atoms with E-state index in [9.17, 15) is 0 Å². The van der Waals surface area contributed by atoms with Crippen LogP contribution in [0.15, 0.2) is 0 Å². The first-order chi connectivity index (χ1) is 5.28. The van der Waals surface area contributed by atoms with Gasteiger partial charge in [0.1, 0.15) is 0 Å². The summed E-state index contributed by atoms with van der Waals surface area (Å²) in [6, 6.07) is 0. The first kappa shape index (κ1) is 11.0. The molecule has 0 aromatic carbocycles. The summed E-state index contributed by atoms with van der Waals surface area (Å²) >= 11 is 0. The van der Waals surface area contributed by atoms with Crippen molar-refractivity contribution in [3.63, 3.8) is 0 Å². The summed E-state index contributed by atoms with van der Waals surface area (Å²) in [6.07, 6.45) is 2.65. The van der Waals surface area contributed by atoms with E-state index in [0.717, 1.165) is 5.92 Å². The fraction of sp³-hybridized carbons (Fsp3) is 1.00. The van der Waals surface area contributed by atoms with Gasteiger partial charge in [0.2, 0.25) is 0 Å². The van der Waals surface area contributed by atoms with Crippen LogP contribution in [0.4, 0.5) is 0 Å². The van der Waals surface area contributed by atoms with Crippen LogP contribution in [0.2, 0.25) is 0 Å². The molecular weight excluding hydrogens is 134 g/mol. The molecular formula is C10H23N. The Bertz CT molecular complexity index is 62.9. The zero-order chi connectivity index (χ0) is 8.69. The molecule has 0 saturated heterocycles. The van der Waals surface area contributed by atoms with Crippen molar-refractivity contribution in [1.82, 2.24) is 4.90 Å². The molecule has 0 aliphatic heterocycles. The molecule has 1 heteroatoms. The quantitative estimate of drug-likeness (QED) is 0.573. The van der Waals surface area contributed by atoms with Crippen molar-refractivity contribution in [2.75, 3.05) is 19.6 Å². The van der Waals surface area contributed by atoms with E-state index < -0.39 is 0 Å². The second-order valence-electron chi connectivity index (χ2n) is 3.17. The van der Waals surface area contributed by atoms with Gasteiger partial charge in [-0.25, -0.2) is 0 Å². The van der Waals surface area contributed by atoms with Crippen LogP contribution in [0.1, 0.15) is 40.5 Å². The van der Waals surface area contributed by atoms with E-state index in [0.29, 0.717) is 0 Å². The molecule has 0 atom stereocenters. The number of rotatable bonds is 6. The van der Waals surface area contributed by atoms with E-state index in [1.165, 1.54) is 32.5 Å². The molecule has 0 saturated carbocycles. The summed E-state index contributed by atoms with van der Waals surface area (Å²) in [5, 5.41) is 0. The molecule has 0 bridgehead atoms. The Morgan fingerprint density at radius 1 is 0.909 bits per heavy atom. The maximum atomic E-state index is 2.51. The van der Waals surface area contributed by atoms with Gasteiger partial charge in [-0.2, -0.15) is 0 Å². The van der Waals surface area contributed by atoms with E-state index in [2.05, 4.69) is 32.6 Å². The minimum Gasteiger partial charge on any atom is -0.304 e. The lowest BCUT2D eigenvalue weighted by atomic mass is 10.0. The van der Waals surface area contributed by atoms with Gasteiger partial charge in [-0.1, -0.05) is 40.5 Å². The highest BCUT2D eigenvalue weighted by molar-refractivity contribution is 4.60. The normalized spacial score (nSPS) is 11.5. The van der Waals surface area contributed by atoms with Gasteiger partial charge in [-0.15, -0.1) is 0 Å². The molecule has 0 heterocycles. The Hall–Kier alpha value is -0.0400. The van der Waals surface area contributed by atoms with Gasteiger partial charge >= 0.3 is 0 Å². The lowest BCUT2D eigenvalue weighted by Gasteiger charge is -2.23. The molecule has 0 aliphatic rings. The van der Waals surface area contributed by atoms with Crippen LogP contribution in [-0.2, 0) is 0 Å². The molecule has 1 nitrogen and oxygen atoms in total. The molecule has 0 unspecified atom stereocenters. The van der Waals surface area contributed by atoms with Gasteiger partial charge in [0.25, 0.3) is 0 Å². The minimum atomic E-state index is 0.912. The lowest BCUT2D eigenvalue weighted by Crippen LogP contribution is -2.28. The second kappa shape index (κ2) is 6.66. The topological polar surface area (TPSA) is 3.24 Å². The Morgan fingerprint density at radius 2 is 1.36 bits per heavy atom. The highest BCUT2D eigenvalue weighted by Gasteiger charge is 2.06. The number of hydrogen-bond donors (Lipinski definition) is 0. The minimum absolute atomic E-state index is 0.912. The lowest BCUT2D eigenvalue weighted by molar-refractivity contribution is 0.244. The first-order valence-corrected chi connectivity index (χ1v) is 5.00. The van der Waals surface area contributed by atoms with E-state index in [1.807, 2.05) is 0 Å². The summed E-state index contributed by atoms with van der Waals surface area (Å²) in [5.41, 5.74) is 0. The zero-order valence-corrected chi connectivity index (χ0v) is 8.56. The summed E-state index contributed by atoms with van der Waals surface area (Å²) in [6.45, 7) is 12.8. The van der Waals surface area contributed by atoms with Gasteiger partial charge < -0.3 is 4.90 Å². The molecule has 0 amide bonds. The van der Waals surface area contributed by atoms with E-state index in [-0.39, 0.29) is 0 Å². The fourth-order valence-corrected chi connectivity index (χ4v) is 1.39. The van der Waals surface area contributed by atoms with E-state index >= 15 is 0 Å². The van der Waals surface area contributed by atoms with Gasteiger partial charge in [-0.3, -0.25) is 0 Å². The zero-order valence-electron chi connectivity index (χ0n) is 8.56. The Balaban J connectivity index is 3.58. The second-order valence-corrected chi connectivity index (χ2v) is 3.17. The van der Waals surface area contributed by atoms with Crippen molar-refractivity contribution >= 4 is 0 Å². The first-order valence-electron chi connectivity index (χ1n) is 5.00. The van der Waals surface area contributed by atoms with Gasteiger partial charge in [-0.05, 0) is 19.0 Å². The molecule has 0 aromatic rings. The summed E-state index contributed by atoms with van der Waals surface area (Å²) in [5.74, 6) is 0.912. The average molecular weight is 157 g/mol. The summed E-state index contributed by atoms with van der Waals surface area (Å²) in [7, 11) is 0. The smallest absolute Gasteiger partial charge is 0.000922 e. The predicted molar refractivity (Wildman–Crippen MR) is 51.9 cm³/mol. The van der Waals surface area contributed by atoms with Crippen LogP contribution >= 0.6 is 0 Å². The van der Waals surface area contributed by atoms with E-state index in [1.54, 1.807) is 0 Å².